The molecule has 1 aromatic rings. The Kier molecular flexibility index (Phi) is 2.45. The molecule has 0 N–H and O–H groups in total. The van der Waals surface area contributed by atoms with E-state index in [1.54, 1.807) is 11.8 Å². The van der Waals surface area contributed by atoms with Gasteiger partial charge < -0.3 is 9.64 Å². The molecule has 1 fully saturated rings. The highest BCUT2D eigenvalue weighted by atomic mass is 16.6. The lowest BCUT2D eigenvalue weighted by Gasteiger charge is -2.25. The Morgan fingerprint density at radius 1 is 1.36 bits per heavy atom. The van der Waals surface area contributed by atoms with Crippen LogP contribution in [0.3, 0.4) is 0 Å². The van der Waals surface area contributed by atoms with Gasteiger partial charge in [-0.25, -0.2) is 4.63 Å². The van der Waals surface area contributed by atoms with Crippen molar-refractivity contribution in [1.82, 2.24) is 15.2 Å². The number of aryl methyl sites for hydroxylation is 1. The Morgan fingerprint density at radius 2 is 2.07 bits per heavy atom. The van der Waals surface area contributed by atoms with Crippen LogP contribution in [0.4, 0.5) is 0 Å². The smallest absolute Gasteiger partial charge is 0.278 e. The highest BCUT2D eigenvalue weighted by molar-refractivity contribution is 5.93. The molecule has 2 rings (SSSR count). The van der Waals surface area contributed by atoms with Gasteiger partial charge in [-0.3, -0.25) is 4.79 Å². The van der Waals surface area contributed by atoms with Gasteiger partial charge in [-0.1, -0.05) is 5.16 Å². The van der Waals surface area contributed by atoms with Crippen LogP contribution >= 0.6 is 0 Å². The van der Waals surface area contributed by atoms with E-state index >= 15 is 0 Å². The summed E-state index contributed by atoms with van der Waals surface area (Å²) < 4.78 is 9.62. The third kappa shape index (κ3) is 1.60. The van der Waals surface area contributed by atoms with Gasteiger partial charge in [0, 0.05) is 13.1 Å². The number of carbonyl (C=O) groups is 1. The molecule has 1 amide bonds. The van der Waals surface area contributed by atoms with Crippen molar-refractivity contribution in [3.63, 3.8) is 0 Å². The van der Waals surface area contributed by atoms with Crippen molar-refractivity contribution in [2.24, 2.45) is 0 Å². The Labute approximate surface area is 80.8 Å². The minimum Gasteiger partial charge on any atom is -0.378 e. The largest absolute Gasteiger partial charge is 0.378 e. The normalized spacial score (nSPS) is 17.1. The molecule has 0 saturated carbocycles. The van der Waals surface area contributed by atoms with Crippen molar-refractivity contribution in [3.8, 4) is 0 Å². The minimum absolute atomic E-state index is 0.132. The number of hydrogen-bond donors (Lipinski definition) is 0. The van der Waals surface area contributed by atoms with Crippen LogP contribution in [-0.4, -0.2) is 47.4 Å². The fourth-order valence-corrected chi connectivity index (χ4v) is 1.34. The van der Waals surface area contributed by atoms with Gasteiger partial charge in [-0.05, 0) is 12.1 Å². The second-order valence-electron chi connectivity index (χ2n) is 3.10. The summed E-state index contributed by atoms with van der Waals surface area (Å²) in [5.74, 6) is -0.132. The van der Waals surface area contributed by atoms with E-state index in [0.29, 0.717) is 37.7 Å². The van der Waals surface area contributed by atoms with Crippen molar-refractivity contribution < 1.29 is 14.2 Å². The first-order chi connectivity index (χ1) is 6.79. The van der Waals surface area contributed by atoms with Crippen LogP contribution < -0.4 is 0 Å². The molecular weight excluding hydrogens is 186 g/mol. The second kappa shape index (κ2) is 3.75. The molecular formula is C8H11N3O3. The van der Waals surface area contributed by atoms with E-state index in [1.165, 1.54) is 0 Å². The van der Waals surface area contributed by atoms with E-state index < -0.39 is 0 Å². The minimum atomic E-state index is -0.132. The molecule has 0 radical (unpaired) electrons. The van der Waals surface area contributed by atoms with Crippen molar-refractivity contribution in [1.29, 1.82) is 0 Å². The molecule has 1 aliphatic heterocycles. The first-order valence-electron chi connectivity index (χ1n) is 4.45. The van der Waals surface area contributed by atoms with Crippen LogP contribution in [0.15, 0.2) is 4.63 Å². The van der Waals surface area contributed by atoms with E-state index in [9.17, 15) is 4.79 Å². The van der Waals surface area contributed by atoms with Crippen LogP contribution in [0, 0.1) is 6.92 Å². The van der Waals surface area contributed by atoms with E-state index in [2.05, 4.69) is 14.9 Å². The number of carbonyl (C=O) groups excluding carboxylic acids is 1. The third-order valence-electron chi connectivity index (χ3n) is 2.15. The first kappa shape index (κ1) is 9.14. The van der Waals surface area contributed by atoms with Crippen LogP contribution in [0.2, 0.25) is 0 Å². The van der Waals surface area contributed by atoms with Gasteiger partial charge in [-0.2, -0.15) is 0 Å². The number of aromatic nitrogens is 2. The average molecular weight is 197 g/mol. The Balaban J connectivity index is 2.11. The molecule has 14 heavy (non-hydrogen) atoms. The molecule has 0 unspecified atom stereocenters. The van der Waals surface area contributed by atoms with Gasteiger partial charge in [0.05, 0.1) is 13.2 Å². The highest BCUT2D eigenvalue weighted by Gasteiger charge is 2.23. The van der Waals surface area contributed by atoms with Crippen molar-refractivity contribution in [3.05, 3.63) is 11.4 Å². The Bertz CT molecular complexity index is 330. The molecule has 1 saturated heterocycles. The summed E-state index contributed by atoms with van der Waals surface area (Å²) in [5.41, 5.74) is 0.827. The molecule has 0 aromatic carbocycles. The molecule has 0 spiro atoms. The number of ether oxygens (including phenoxy) is 1. The standard InChI is InChI=1S/C8H11N3O3/c1-6-7(10-14-9-6)8(12)11-2-4-13-5-3-11/h2-5H2,1H3. The van der Waals surface area contributed by atoms with Gasteiger partial charge in [0.25, 0.3) is 5.91 Å². The van der Waals surface area contributed by atoms with Crippen molar-refractivity contribution >= 4 is 5.91 Å². The van der Waals surface area contributed by atoms with Gasteiger partial charge >= 0.3 is 0 Å². The van der Waals surface area contributed by atoms with Gasteiger partial charge in [-0.15, -0.1) is 0 Å². The topological polar surface area (TPSA) is 68.5 Å². The van der Waals surface area contributed by atoms with Crippen molar-refractivity contribution in [2.45, 2.75) is 6.92 Å². The lowest BCUT2D eigenvalue weighted by molar-refractivity contribution is 0.0295. The number of nitrogens with zero attached hydrogens (tertiary/aromatic N) is 3. The summed E-state index contributed by atoms with van der Waals surface area (Å²) in [7, 11) is 0. The maximum Gasteiger partial charge on any atom is 0.278 e. The molecule has 1 aliphatic rings. The van der Waals surface area contributed by atoms with Crippen LogP contribution in [0.25, 0.3) is 0 Å². The van der Waals surface area contributed by atoms with Crippen molar-refractivity contribution in [2.75, 3.05) is 26.3 Å². The zero-order chi connectivity index (χ0) is 9.97. The number of rotatable bonds is 1. The van der Waals surface area contributed by atoms with E-state index in [4.69, 9.17) is 4.74 Å². The maximum atomic E-state index is 11.8. The Hall–Kier alpha value is -1.43. The highest BCUT2D eigenvalue weighted by Crippen LogP contribution is 2.07. The summed E-state index contributed by atoms with van der Waals surface area (Å²) in [6.45, 7) is 4.06. The number of hydrogen-bond acceptors (Lipinski definition) is 5. The lowest BCUT2D eigenvalue weighted by Crippen LogP contribution is -2.41. The summed E-state index contributed by atoms with van der Waals surface area (Å²) in [5, 5.41) is 7.14. The summed E-state index contributed by atoms with van der Waals surface area (Å²) >= 11 is 0. The molecule has 6 heteroatoms. The van der Waals surface area contributed by atoms with Gasteiger partial charge in [0.15, 0.2) is 5.69 Å². The molecule has 0 aliphatic carbocycles. The van der Waals surface area contributed by atoms with E-state index in [1.807, 2.05) is 0 Å². The second-order valence-corrected chi connectivity index (χ2v) is 3.10. The van der Waals surface area contributed by atoms with Crippen LogP contribution in [-0.2, 0) is 4.74 Å². The number of morpholine rings is 1. The fraction of sp³-hybridized carbons (Fsp3) is 0.625. The lowest BCUT2D eigenvalue weighted by atomic mass is 10.3. The zero-order valence-corrected chi connectivity index (χ0v) is 7.89. The number of amides is 1. The summed E-state index contributed by atoms with van der Waals surface area (Å²) in [6, 6.07) is 0. The predicted molar refractivity (Wildman–Crippen MR) is 45.8 cm³/mol. The molecule has 1 aromatic heterocycles. The fourth-order valence-electron chi connectivity index (χ4n) is 1.34. The summed E-state index contributed by atoms with van der Waals surface area (Å²) in [4.78, 5) is 13.5. The van der Waals surface area contributed by atoms with Crippen LogP contribution in [0.5, 0.6) is 0 Å². The van der Waals surface area contributed by atoms with Gasteiger partial charge in [0.1, 0.15) is 5.69 Å². The monoisotopic (exact) mass is 197 g/mol. The summed E-state index contributed by atoms with van der Waals surface area (Å²) in [6.07, 6.45) is 0. The first-order valence-corrected chi connectivity index (χ1v) is 4.45. The average Bonchev–Trinajstić information content (AvgIpc) is 2.65. The molecule has 76 valence electrons. The quantitative estimate of drug-likeness (QED) is 0.626. The Morgan fingerprint density at radius 3 is 2.64 bits per heavy atom. The molecule has 0 bridgehead atoms. The van der Waals surface area contributed by atoms with E-state index in [-0.39, 0.29) is 5.91 Å². The zero-order valence-electron chi connectivity index (χ0n) is 7.89. The third-order valence-corrected chi connectivity index (χ3v) is 2.15. The maximum absolute atomic E-state index is 11.8. The van der Waals surface area contributed by atoms with E-state index in [0.717, 1.165) is 0 Å². The predicted octanol–water partition coefficient (Wildman–Crippen LogP) is -0.150. The SMILES string of the molecule is Cc1nonc1C(=O)N1CCOCC1. The molecule has 2 heterocycles. The van der Waals surface area contributed by atoms with Crippen LogP contribution in [0.1, 0.15) is 16.2 Å². The molecule has 6 nitrogen and oxygen atoms in total. The molecule has 0 atom stereocenters. The van der Waals surface area contributed by atoms with Gasteiger partial charge in [0.2, 0.25) is 0 Å².